The molecule has 0 aromatic heterocycles. The molecule has 9 rings (SSSR count). The van der Waals surface area contributed by atoms with Gasteiger partial charge in [-0.05, 0) is 122 Å². The van der Waals surface area contributed by atoms with E-state index in [1.165, 1.54) is 87.8 Å². The maximum Gasteiger partial charge on any atom is 0.0974 e. The SMILES string of the molecule is C[C@]12CC=C3C=C4CC[C@@H](N5C6CCC5CC6)C[C@]45CCC3(O5)[C@@H]1CC[C@@H]2c1ccc2ccccc2c1. The molecule has 2 spiro atoms. The van der Waals surface area contributed by atoms with E-state index < -0.39 is 0 Å². The molecule has 0 N–H and O–H groups in total. The van der Waals surface area contributed by atoms with Crippen molar-refractivity contribution < 1.29 is 4.74 Å². The Morgan fingerprint density at radius 1 is 0.838 bits per heavy atom. The molecule has 2 nitrogen and oxygen atoms in total. The van der Waals surface area contributed by atoms with Gasteiger partial charge in [0, 0.05) is 18.1 Å². The van der Waals surface area contributed by atoms with Gasteiger partial charge in [-0.25, -0.2) is 0 Å². The van der Waals surface area contributed by atoms with Crippen molar-refractivity contribution >= 4 is 10.8 Å². The van der Waals surface area contributed by atoms with Gasteiger partial charge in [0.15, 0.2) is 0 Å². The lowest BCUT2D eigenvalue weighted by Gasteiger charge is -2.55. The van der Waals surface area contributed by atoms with Crippen molar-refractivity contribution in [3.05, 3.63) is 71.3 Å². The summed E-state index contributed by atoms with van der Waals surface area (Å²) in [5, 5.41) is 2.75. The fourth-order valence-electron chi connectivity index (χ4n) is 11.2. The number of hydrogen-bond donors (Lipinski definition) is 0. The van der Waals surface area contributed by atoms with Crippen LogP contribution in [0.4, 0.5) is 0 Å². The Morgan fingerprint density at radius 3 is 2.49 bits per heavy atom. The van der Waals surface area contributed by atoms with Crippen molar-refractivity contribution in [1.82, 2.24) is 4.90 Å². The zero-order chi connectivity index (χ0) is 24.4. The van der Waals surface area contributed by atoms with E-state index in [1.54, 1.807) is 16.7 Å². The summed E-state index contributed by atoms with van der Waals surface area (Å²) < 4.78 is 7.63. The second-order valence-electron chi connectivity index (χ2n) is 14.1. The van der Waals surface area contributed by atoms with E-state index in [4.69, 9.17) is 4.74 Å². The van der Waals surface area contributed by atoms with Crippen LogP contribution in [0.15, 0.2) is 65.8 Å². The monoisotopic (exact) mass is 491 g/mol. The standard InChI is InChI=1S/C35H41NO/c1-33-17-16-27-21-26-8-9-30(36-28-10-11-29(36)13-12-28)22-34(26)18-19-35(27,37-34)32(33)15-14-31(33)25-7-6-23-4-2-3-5-24(23)20-25/h2-7,16,20-21,28-32H,8-15,17-19,22H2,1H3/t28?,29?,30-,31-,32-,33-,34-,35?/m1/s1. The fourth-order valence-corrected chi connectivity index (χ4v) is 11.2. The van der Waals surface area contributed by atoms with E-state index in [0.29, 0.717) is 11.8 Å². The van der Waals surface area contributed by atoms with Gasteiger partial charge in [-0.1, -0.05) is 61.5 Å². The van der Waals surface area contributed by atoms with Crippen LogP contribution in [0.3, 0.4) is 0 Å². The molecule has 3 saturated heterocycles. The Balaban J connectivity index is 1.06. The Kier molecular flexibility index (Phi) is 4.39. The first-order valence-electron chi connectivity index (χ1n) is 15.5. The van der Waals surface area contributed by atoms with E-state index >= 15 is 0 Å². The number of benzene rings is 2. The molecule has 2 heteroatoms. The first-order chi connectivity index (χ1) is 18.1. The van der Waals surface area contributed by atoms with Crippen LogP contribution in [0, 0.1) is 11.3 Å². The fraction of sp³-hybridized carbons (Fsp3) is 0.600. The van der Waals surface area contributed by atoms with Crippen LogP contribution in [0.25, 0.3) is 10.8 Å². The smallest absolute Gasteiger partial charge is 0.0974 e. The van der Waals surface area contributed by atoms with E-state index in [-0.39, 0.29) is 16.6 Å². The molecule has 6 atom stereocenters. The minimum atomic E-state index is -0.0338. The molecule has 2 saturated carbocycles. The Hall–Kier alpha value is -1.90. The van der Waals surface area contributed by atoms with Crippen LogP contribution in [0.1, 0.15) is 95.5 Å². The number of ether oxygens (including phenoxy) is 1. The van der Waals surface area contributed by atoms with Crippen molar-refractivity contribution in [2.45, 2.75) is 119 Å². The first-order valence-corrected chi connectivity index (χ1v) is 15.5. The molecule has 0 amide bonds. The largest absolute Gasteiger partial charge is 0.359 e. The Morgan fingerprint density at radius 2 is 1.65 bits per heavy atom. The first kappa shape index (κ1) is 22.0. The number of hydrogen-bond acceptors (Lipinski definition) is 2. The number of nitrogens with zero attached hydrogens (tertiary/aromatic N) is 1. The topological polar surface area (TPSA) is 12.5 Å². The molecule has 3 aliphatic carbocycles. The second kappa shape index (κ2) is 7.39. The average Bonchev–Trinajstić information content (AvgIpc) is 3.68. The predicted octanol–water partition coefficient (Wildman–Crippen LogP) is 8.08. The van der Waals surface area contributed by atoms with Crippen molar-refractivity contribution in [3.63, 3.8) is 0 Å². The molecule has 2 aromatic rings. The van der Waals surface area contributed by atoms with Crippen LogP contribution < -0.4 is 0 Å². The van der Waals surface area contributed by atoms with Gasteiger partial charge in [0.2, 0.25) is 0 Å². The van der Waals surface area contributed by atoms with Gasteiger partial charge >= 0.3 is 0 Å². The number of allylic oxidation sites excluding steroid dienone is 1. The van der Waals surface area contributed by atoms with Crippen molar-refractivity contribution in [1.29, 1.82) is 0 Å². The van der Waals surface area contributed by atoms with Gasteiger partial charge in [0.25, 0.3) is 0 Å². The summed E-state index contributed by atoms with van der Waals surface area (Å²) in [4.78, 5) is 2.99. The third-order valence-corrected chi connectivity index (χ3v) is 12.8. The predicted molar refractivity (Wildman–Crippen MR) is 150 cm³/mol. The van der Waals surface area contributed by atoms with Crippen molar-refractivity contribution in [3.8, 4) is 0 Å². The molecule has 4 aliphatic heterocycles. The minimum Gasteiger partial charge on any atom is -0.359 e. The van der Waals surface area contributed by atoms with Crippen LogP contribution in [0.5, 0.6) is 0 Å². The van der Waals surface area contributed by atoms with Gasteiger partial charge in [-0.2, -0.15) is 0 Å². The highest BCUT2D eigenvalue weighted by Gasteiger charge is 2.67. The molecule has 4 heterocycles. The lowest BCUT2D eigenvalue weighted by molar-refractivity contribution is -0.141. The molecule has 5 fully saturated rings. The molecule has 4 bridgehead atoms. The van der Waals surface area contributed by atoms with E-state index in [2.05, 4.69) is 66.4 Å². The summed E-state index contributed by atoms with van der Waals surface area (Å²) in [6.07, 6.45) is 21.3. The summed E-state index contributed by atoms with van der Waals surface area (Å²) in [7, 11) is 0. The molecule has 7 aliphatic rings. The van der Waals surface area contributed by atoms with Gasteiger partial charge in [-0.3, -0.25) is 4.90 Å². The molecule has 0 radical (unpaired) electrons. The molecule has 2 aromatic carbocycles. The van der Waals surface area contributed by atoms with Gasteiger partial charge in [0.05, 0.1) is 11.2 Å². The number of fused-ring (bicyclic) bond motifs is 4. The third-order valence-electron chi connectivity index (χ3n) is 12.8. The van der Waals surface area contributed by atoms with Gasteiger partial charge in [0.1, 0.15) is 0 Å². The lowest BCUT2D eigenvalue weighted by Crippen LogP contribution is -2.55. The normalized spacial score (nSPS) is 45.9. The highest BCUT2D eigenvalue weighted by Crippen LogP contribution is 2.69. The molecular formula is C35H41NO. The quantitative estimate of drug-likeness (QED) is 0.421. The zero-order valence-corrected chi connectivity index (χ0v) is 22.4. The van der Waals surface area contributed by atoms with Crippen LogP contribution >= 0.6 is 0 Å². The third kappa shape index (κ3) is 2.80. The number of rotatable bonds is 2. The second-order valence-corrected chi connectivity index (χ2v) is 14.1. The maximum atomic E-state index is 7.63. The summed E-state index contributed by atoms with van der Waals surface area (Å²) >= 11 is 0. The van der Waals surface area contributed by atoms with Crippen LogP contribution in [0.2, 0.25) is 0 Å². The summed E-state index contributed by atoms with van der Waals surface area (Å²) in [6, 6.07) is 18.7. The van der Waals surface area contributed by atoms with Gasteiger partial charge < -0.3 is 4.74 Å². The Labute approximate surface area is 222 Å². The zero-order valence-electron chi connectivity index (χ0n) is 22.4. The van der Waals surface area contributed by atoms with Gasteiger partial charge in [-0.15, -0.1) is 0 Å². The van der Waals surface area contributed by atoms with E-state index in [1.807, 2.05) is 0 Å². The van der Waals surface area contributed by atoms with Crippen LogP contribution in [-0.4, -0.2) is 34.2 Å². The summed E-state index contributed by atoms with van der Waals surface area (Å²) in [5.41, 5.74) is 5.05. The molecule has 37 heavy (non-hydrogen) atoms. The summed E-state index contributed by atoms with van der Waals surface area (Å²) in [6.45, 7) is 2.62. The highest BCUT2D eigenvalue weighted by molar-refractivity contribution is 5.83. The van der Waals surface area contributed by atoms with Crippen molar-refractivity contribution in [2.75, 3.05) is 0 Å². The van der Waals surface area contributed by atoms with E-state index in [0.717, 1.165) is 18.1 Å². The Bertz CT molecular complexity index is 1340. The lowest BCUT2D eigenvalue weighted by atomic mass is 9.58. The summed E-state index contributed by atoms with van der Waals surface area (Å²) in [5.74, 6) is 1.26. The molecule has 1 unspecified atom stereocenters. The average molecular weight is 492 g/mol. The van der Waals surface area contributed by atoms with Crippen LogP contribution in [-0.2, 0) is 4.74 Å². The van der Waals surface area contributed by atoms with Crippen molar-refractivity contribution in [2.24, 2.45) is 11.3 Å². The molecular weight excluding hydrogens is 450 g/mol. The molecule has 192 valence electrons. The maximum absolute atomic E-state index is 7.63. The van der Waals surface area contributed by atoms with E-state index in [9.17, 15) is 0 Å². The minimum absolute atomic E-state index is 0.0293. The highest BCUT2D eigenvalue weighted by atomic mass is 16.5.